The molecule has 3 saturated heterocycles. The molecule has 0 amide bonds. The van der Waals surface area contributed by atoms with Gasteiger partial charge in [0.2, 0.25) is 0 Å². The van der Waals surface area contributed by atoms with Gasteiger partial charge in [-0.05, 0) is 61.4 Å². The van der Waals surface area contributed by atoms with E-state index in [1.54, 1.807) is 0 Å². The molecule has 6 unspecified atom stereocenters. The minimum Gasteiger partial charge on any atom is -0.372 e. The predicted molar refractivity (Wildman–Crippen MR) is 139 cm³/mol. The highest BCUT2D eigenvalue weighted by molar-refractivity contribution is 4.95. The number of rotatable bonds is 8. The third kappa shape index (κ3) is 6.19. The van der Waals surface area contributed by atoms with Crippen LogP contribution in [0, 0.1) is 29.6 Å². The van der Waals surface area contributed by atoms with E-state index in [2.05, 4.69) is 68.5 Å². The number of ether oxygens (including phenoxy) is 5. The Kier molecular flexibility index (Phi) is 10.5. The summed E-state index contributed by atoms with van der Waals surface area (Å²) < 4.78 is 32.1. The third-order valence-electron chi connectivity index (χ3n) is 9.18. The summed E-state index contributed by atoms with van der Waals surface area (Å²) in [5.41, 5.74) is 18.3. The number of azide groups is 2. The van der Waals surface area contributed by atoms with Crippen molar-refractivity contribution in [3.63, 3.8) is 0 Å². The quantitative estimate of drug-likeness (QED) is 0.206. The molecule has 0 bridgehead atoms. The highest BCUT2D eigenvalue weighted by atomic mass is 16.7. The molecule has 0 saturated carbocycles. The summed E-state index contributed by atoms with van der Waals surface area (Å²) in [6.07, 6.45) is -0.468. The smallest absolute Gasteiger partial charge is 0.167 e. The maximum atomic E-state index is 9.21. The van der Waals surface area contributed by atoms with Crippen LogP contribution in [0.4, 0.5) is 0 Å². The standard InChI is InChI=1S/C26H46N6O5/c1-10-19-12(3)13(4)22(30-32-28)26(35-19)36-23-14(5)15(6)25(34-18(23)9)37-24-16(7)21(29-31-27)17(8)33-20(24)11-2/h12-26H,10-11H2,1-9H3/t12-,13-,14+,15?,16+,17-,18?,19?,20?,21?,22?,23-,24-,25-,26+/m0/s1. The van der Waals surface area contributed by atoms with Crippen molar-refractivity contribution in [3.05, 3.63) is 20.9 Å². The molecular formula is C26H46N6O5. The molecule has 37 heavy (non-hydrogen) atoms. The van der Waals surface area contributed by atoms with Gasteiger partial charge in [0.15, 0.2) is 12.6 Å². The monoisotopic (exact) mass is 522 g/mol. The Hall–Kier alpha value is -1.58. The molecule has 0 spiro atoms. The van der Waals surface area contributed by atoms with E-state index in [1.165, 1.54) is 0 Å². The van der Waals surface area contributed by atoms with E-state index < -0.39 is 18.6 Å². The number of nitrogens with zero attached hydrogens (tertiary/aromatic N) is 6. The van der Waals surface area contributed by atoms with Gasteiger partial charge >= 0.3 is 0 Å². The topological polar surface area (TPSA) is 144 Å². The van der Waals surface area contributed by atoms with Gasteiger partial charge in [-0.15, -0.1) is 0 Å². The molecule has 0 aromatic rings. The molecule has 210 valence electrons. The Morgan fingerprint density at radius 1 is 0.595 bits per heavy atom. The molecule has 3 aliphatic rings. The molecule has 3 heterocycles. The first kappa shape index (κ1) is 30.0. The Morgan fingerprint density at radius 3 is 1.78 bits per heavy atom. The van der Waals surface area contributed by atoms with Crippen LogP contribution in [0.3, 0.4) is 0 Å². The van der Waals surface area contributed by atoms with E-state index in [0.717, 1.165) is 12.8 Å². The summed E-state index contributed by atoms with van der Waals surface area (Å²) in [5.74, 6) is 0.481. The minimum atomic E-state index is -0.627. The van der Waals surface area contributed by atoms with Gasteiger partial charge in [-0.2, -0.15) is 0 Å². The second-order valence-electron chi connectivity index (χ2n) is 11.3. The molecule has 0 aromatic heterocycles. The lowest BCUT2D eigenvalue weighted by Crippen LogP contribution is -2.58. The second-order valence-corrected chi connectivity index (χ2v) is 11.3. The summed E-state index contributed by atoms with van der Waals surface area (Å²) in [6, 6.07) is -0.712. The number of hydrogen-bond acceptors (Lipinski definition) is 7. The van der Waals surface area contributed by atoms with Gasteiger partial charge in [0, 0.05) is 15.7 Å². The van der Waals surface area contributed by atoms with Crippen LogP contribution in [0.15, 0.2) is 10.2 Å². The van der Waals surface area contributed by atoms with Crippen molar-refractivity contribution < 1.29 is 23.7 Å². The zero-order valence-corrected chi connectivity index (χ0v) is 23.8. The highest BCUT2D eigenvalue weighted by Gasteiger charge is 2.49. The van der Waals surface area contributed by atoms with Crippen LogP contribution in [-0.4, -0.2) is 61.3 Å². The van der Waals surface area contributed by atoms with Gasteiger partial charge in [0.1, 0.15) is 0 Å². The summed E-state index contributed by atoms with van der Waals surface area (Å²) in [6.45, 7) is 18.7. The summed E-state index contributed by atoms with van der Waals surface area (Å²) in [7, 11) is 0. The van der Waals surface area contributed by atoms with Gasteiger partial charge < -0.3 is 23.7 Å². The number of hydrogen-bond donors (Lipinski definition) is 0. The van der Waals surface area contributed by atoms with Crippen molar-refractivity contribution in [2.45, 2.75) is 136 Å². The molecule has 3 rings (SSSR count). The maximum absolute atomic E-state index is 9.21. The van der Waals surface area contributed by atoms with Crippen LogP contribution in [0.5, 0.6) is 0 Å². The minimum absolute atomic E-state index is 0.0167. The Balaban J connectivity index is 1.75. The first-order chi connectivity index (χ1) is 17.6. The molecule has 11 nitrogen and oxygen atoms in total. The fourth-order valence-electron chi connectivity index (χ4n) is 6.35. The molecule has 0 aromatic carbocycles. The van der Waals surface area contributed by atoms with E-state index in [0.29, 0.717) is 0 Å². The zero-order chi connectivity index (χ0) is 27.4. The predicted octanol–water partition coefficient (Wildman–Crippen LogP) is 6.37. The summed E-state index contributed by atoms with van der Waals surface area (Å²) >= 11 is 0. The first-order valence-corrected chi connectivity index (χ1v) is 13.9. The van der Waals surface area contributed by atoms with Crippen LogP contribution in [-0.2, 0) is 23.7 Å². The Bertz CT molecular complexity index is 851. The lowest BCUT2D eigenvalue weighted by atomic mass is 9.81. The molecule has 3 aliphatic heterocycles. The van der Waals surface area contributed by atoms with Crippen molar-refractivity contribution in [2.24, 2.45) is 39.8 Å². The highest BCUT2D eigenvalue weighted by Crippen LogP contribution is 2.41. The lowest BCUT2D eigenvalue weighted by Gasteiger charge is -2.50. The molecule has 3 fully saturated rings. The van der Waals surface area contributed by atoms with Crippen LogP contribution >= 0.6 is 0 Å². The second kappa shape index (κ2) is 13.0. The van der Waals surface area contributed by atoms with Crippen molar-refractivity contribution >= 4 is 0 Å². The SMILES string of the molecule is CCC1O[C@H](O[C@@H]2C(C)O[C@@H](O[C@@H]3C(CC)O[C@@H](C)C(N=[N+]=[N-])[C@H]3C)C(C)[C@H]2C)C(N=[N+]=[N-])[C@@H](C)[C@@H]1C. The van der Waals surface area contributed by atoms with Gasteiger partial charge in [-0.25, -0.2) is 0 Å². The van der Waals surface area contributed by atoms with Gasteiger partial charge in [-0.3, -0.25) is 0 Å². The molecule has 0 radical (unpaired) electrons. The van der Waals surface area contributed by atoms with E-state index in [-0.39, 0.29) is 72.3 Å². The summed E-state index contributed by atoms with van der Waals surface area (Å²) in [4.78, 5) is 6.12. The molecule has 15 atom stereocenters. The van der Waals surface area contributed by atoms with Crippen LogP contribution in [0.25, 0.3) is 20.9 Å². The van der Waals surface area contributed by atoms with Crippen LogP contribution < -0.4 is 0 Å². The van der Waals surface area contributed by atoms with Crippen molar-refractivity contribution in [1.29, 1.82) is 0 Å². The van der Waals surface area contributed by atoms with Crippen LogP contribution in [0.2, 0.25) is 0 Å². The van der Waals surface area contributed by atoms with E-state index in [1.807, 2.05) is 13.8 Å². The Labute approximate surface area is 221 Å². The average molecular weight is 523 g/mol. The van der Waals surface area contributed by atoms with E-state index >= 15 is 0 Å². The summed E-state index contributed by atoms with van der Waals surface area (Å²) in [5, 5.41) is 8.06. The maximum Gasteiger partial charge on any atom is 0.167 e. The van der Waals surface area contributed by atoms with Gasteiger partial charge in [-0.1, -0.05) is 58.7 Å². The fraction of sp³-hybridized carbons (Fsp3) is 1.00. The van der Waals surface area contributed by atoms with E-state index in [9.17, 15) is 5.53 Å². The molecule has 11 heteroatoms. The van der Waals surface area contributed by atoms with Crippen molar-refractivity contribution in [2.75, 3.05) is 0 Å². The normalized spacial score (nSPS) is 48.5. The average Bonchev–Trinajstić information content (AvgIpc) is 2.87. The zero-order valence-electron chi connectivity index (χ0n) is 23.8. The fourth-order valence-corrected chi connectivity index (χ4v) is 6.35. The first-order valence-electron chi connectivity index (χ1n) is 13.9. The van der Waals surface area contributed by atoms with E-state index in [4.69, 9.17) is 29.2 Å². The Morgan fingerprint density at radius 2 is 1.19 bits per heavy atom. The van der Waals surface area contributed by atoms with Crippen molar-refractivity contribution in [3.8, 4) is 0 Å². The largest absolute Gasteiger partial charge is 0.372 e. The van der Waals surface area contributed by atoms with Gasteiger partial charge in [0.25, 0.3) is 0 Å². The molecular weight excluding hydrogens is 476 g/mol. The molecule has 0 aliphatic carbocycles. The molecule has 0 N–H and O–H groups in total. The van der Waals surface area contributed by atoms with Crippen LogP contribution in [0.1, 0.15) is 75.2 Å². The lowest BCUT2D eigenvalue weighted by molar-refractivity contribution is -0.330. The van der Waals surface area contributed by atoms with Crippen molar-refractivity contribution in [1.82, 2.24) is 0 Å². The van der Waals surface area contributed by atoms with Gasteiger partial charge in [0.05, 0.1) is 48.7 Å². The third-order valence-corrected chi connectivity index (χ3v) is 9.18.